The van der Waals surface area contributed by atoms with Gasteiger partial charge >= 0.3 is 0 Å². The van der Waals surface area contributed by atoms with E-state index in [0.29, 0.717) is 6.61 Å². The number of hydrogen-bond acceptors (Lipinski definition) is 4. The van der Waals surface area contributed by atoms with Gasteiger partial charge in [-0.2, -0.15) is 0 Å². The van der Waals surface area contributed by atoms with Crippen LogP contribution in [-0.2, 0) is 6.42 Å². The van der Waals surface area contributed by atoms with Crippen LogP contribution >= 0.6 is 0 Å². The van der Waals surface area contributed by atoms with Crippen LogP contribution in [0.15, 0.2) is 35.1 Å². The second-order valence-electron chi connectivity index (χ2n) is 4.90. The van der Waals surface area contributed by atoms with Gasteiger partial charge in [-0.25, -0.2) is 0 Å². The average molecular weight is 288 g/mol. The molecule has 0 bridgehead atoms. The fourth-order valence-corrected chi connectivity index (χ4v) is 2.37. The van der Waals surface area contributed by atoms with Crippen molar-refractivity contribution >= 4 is 0 Å². The van der Waals surface area contributed by atoms with Gasteiger partial charge in [-0.1, -0.05) is 44.1 Å². The number of ether oxygens (including phenoxy) is 1. The van der Waals surface area contributed by atoms with E-state index in [-0.39, 0.29) is 0 Å². The summed E-state index contributed by atoms with van der Waals surface area (Å²) in [6.45, 7) is 10.1. The standard InChI is InChI=1S/C17H24N2O2/c1-4-16-15(13-21-18-16)14-9-7-8-10-17(14)20-12-11-19(5-2)6-3/h7-10,13H,4-6,11-12H2,1-3H3. The molecule has 0 aliphatic rings. The Labute approximate surface area is 126 Å². The van der Waals surface area contributed by atoms with Crippen molar-refractivity contribution in [3.8, 4) is 16.9 Å². The highest BCUT2D eigenvalue weighted by Crippen LogP contribution is 2.32. The van der Waals surface area contributed by atoms with Gasteiger partial charge in [-0.05, 0) is 25.6 Å². The molecule has 0 unspecified atom stereocenters. The lowest BCUT2D eigenvalue weighted by atomic mass is 10.0. The van der Waals surface area contributed by atoms with Crippen LogP contribution in [0.5, 0.6) is 5.75 Å². The van der Waals surface area contributed by atoms with Gasteiger partial charge in [-0.15, -0.1) is 0 Å². The van der Waals surface area contributed by atoms with Crippen LogP contribution in [0.25, 0.3) is 11.1 Å². The van der Waals surface area contributed by atoms with E-state index >= 15 is 0 Å². The maximum absolute atomic E-state index is 5.98. The van der Waals surface area contributed by atoms with Gasteiger partial charge < -0.3 is 14.2 Å². The largest absolute Gasteiger partial charge is 0.492 e. The van der Waals surface area contributed by atoms with E-state index in [1.165, 1.54) is 0 Å². The Balaban J connectivity index is 2.11. The molecule has 0 amide bonds. The maximum atomic E-state index is 5.98. The first-order chi connectivity index (χ1) is 10.3. The summed E-state index contributed by atoms with van der Waals surface area (Å²) in [5.74, 6) is 0.891. The van der Waals surface area contributed by atoms with E-state index in [2.05, 4.69) is 36.9 Å². The first-order valence-electron chi connectivity index (χ1n) is 7.67. The van der Waals surface area contributed by atoms with Crippen LogP contribution in [0, 0.1) is 0 Å². The quantitative estimate of drug-likeness (QED) is 0.743. The van der Waals surface area contributed by atoms with E-state index < -0.39 is 0 Å². The molecule has 4 heteroatoms. The van der Waals surface area contributed by atoms with Gasteiger partial charge in [0.25, 0.3) is 0 Å². The molecule has 4 nitrogen and oxygen atoms in total. The lowest BCUT2D eigenvalue weighted by molar-refractivity contribution is 0.223. The maximum Gasteiger partial charge on any atom is 0.132 e. The zero-order valence-corrected chi connectivity index (χ0v) is 13.1. The van der Waals surface area contributed by atoms with Crippen molar-refractivity contribution in [1.82, 2.24) is 10.1 Å². The normalized spacial score (nSPS) is 11.0. The second-order valence-corrected chi connectivity index (χ2v) is 4.90. The minimum Gasteiger partial charge on any atom is -0.492 e. The number of rotatable bonds is 8. The van der Waals surface area contributed by atoms with Crippen molar-refractivity contribution in [2.24, 2.45) is 0 Å². The molecule has 1 aromatic carbocycles. The van der Waals surface area contributed by atoms with Gasteiger partial charge in [0.2, 0.25) is 0 Å². The van der Waals surface area contributed by atoms with Crippen LogP contribution in [-0.4, -0.2) is 36.3 Å². The molecule has 0 saturated heterocycles. The third-order valence-electron chi connectivity index (χ3n) is 3.72. The fraction of sp³-hybridized carbons (Fsp3) is 0.471. The number of aromatic nitrogens is 1. The molecule has 0 spiro atoms. The molecule has 0 radical (unpaired) electrons. The summed E-state index contributed by atoms with van der Waals surface area (Å²) in [5.41, 5.74) is 3.04. The Morgan fingerprint density at radius 1 is 1.10 bits per heavy atom. The molecular formula is C17H24N2O2. The summed E-state index contributed by atoms with van der Waals surface area (Å²) >= 11 is 0. The Hall–Kier alpha value is -1.81. The Bertz CT molecular complexity index is 547. The van der Waals surface area contributed by atoms with Crippen LogP contribution in [0.3, 0.4) is 0 Å². The molecule has 114 valence electrons. The van der Waals surface area contributed by atoms with E-state index in [1.54, 1.807) is 6.26 Å². The van der Waals surface area contributed by atoms with E-state index in [1.807, 2.05) is 18.2 Å². The lowest BCUT2D eigenvalue weighted by Gasteiger charge is -2.18. The van der Waals surface area contributed by atoms with Gasteiger partial charge in [0.05, 0.1) is 5.69 Å². The molecule has 0 aliphatic heterocycles. The van der Waals surface area contributed by atoms with Crippen molar-refractivity contribution in [3.05, 3.63) is 36.2 Å². The highest BCUT2D eigenvalue weighted by Gasteiger charge is 2.13. The summed E-state index contributed by atoms with van der Waals surface area (Å²) in [5, 5.41) is 4.05. The lowest BCUT2D eigenvalue weighted by Crippen LogP contribution is -2.27. The third kappa shape index (κ3) is 3.85. The van der Waals surface area contributed by atoms with Crippen molar-refractivity contribution in [2.75, 3.05) is 26.2 Å². The second kappa shape index (κ2) is 7.84. The molecule has 0 aliphatic carbocycles. The number of likely N-dealkylation sites (N-methyl/N-ethyl adjacent to an activating group) is 1. The Morgan fingerprint density at radius 2 is 1.86 bits per heavy atom. The summed E-state index contributed by atoms with van der Waals surface area (Å²) in [6.07, 6.45) is 2.55. The Kier molecular flexibility index (Phi) is 5.81. The first kappa shape index (κ1) is 15.6. The predicted molar refractivity (Wildman–Crippen MR) is 84.6 cm³/mol. The minimum atomic E-state index is 0.686. The first-order valence-corrected chi connectivity index (χ1v) is 7.67. The van der Waals surface area contributed by atoms with E-state index in [0.717, 1.165) is 48.6 Å². The zero-order chi connectivity index (χ0) is 15.1. The predicted octanol–water partition coefficient (Wildman–Crippen LogP) is 3.62. The number of nitrogens with zero attached hydrogens (tertiary/aromatic N) is 2. The summed E-state index contributed by atoms with van der Waals surface area (Å²) in [7, 11) is 0. The van der Waals surface area contributed by atoms with E-state index in [4.69, 9.17) is 9.26 Å². The fourth-order valence-electron chi connectivity index (χ4n) is 2.37. The molecule has 1 aromatic heterocycles. The molecule has 0 atom stereocenters. The molecule has 0 fully saturated rings. The van der Waals surface area contributed by atoms with Crippen molar-refractivity contribution in [1.29, 1.82) is 0 Å². The van der Waals surface area contributed by atoms with Gasteiger partial charge in [-0.3, -0.25) is 0 Å². The molecule has 1 heterocycles. The van der Waals surface area contributed by atoms with Crippen LogP contribution in [0.2, 0.25) is 0 Å². The SMILES string of the molecule is CCc1nocc1-c1ccccc1OCCN(CC)CC. The molecule has 0 saturated carbocycles. The number of benzene rings is 1. The summed E-state index contributed by atoms with van der Waals surface area (Å²) < 4.78 is 11.1. The van der Waals surface area contributed by atoms with Crippen LogP contribution in [0.4, 0.5) is 0 Å². The van der Waals surface area contributed by atoms with Gasteiger partial charge in [0.1, 0.15) is 18.6 Å². The molecular weight excluding hydrogens is 264 g/mol. The molecule has 2 rings (SSSR count). The van der Waals surface area contributed by atoms with Gasteiger partial charge in [0.15, 0.2) is 0 Å². The average Bonchev–Trinajstić information content (AvgIpc) is 3.00. The number of para-hydroxylation sites is 1. The van der Waals surface area contributed by atoms with Crippen LogP contribution < -0.4 is 4.74 Å². The molecule has 0 N–H and O–H groups in total. The highest BCUT2D eigenvalue weighted by molar-refractivity contribution is 5.71. The minimum absolute atomic E-state index is 0.686. The molecule has 2 aromatic rings. The Morgan fingerprint density at radius 3 is 2.57 bits per heavy atom. The summed E-state index contributed by atoms with van der Waals surface area (Å²) in [6, 6.07) is 8.07. The van der Waals surface area contributed by atoms with E-state index in [9.17, 15) is 0 Å². The third-order valence-corrected chi connectivity index (χ3v) is 3.72. The number of aryl methyl sites for hydroxylation is 1. The summed E-state index contributed by atoms with van der Waals surface area (Å²) in [4.78, 5) is 2.35. The van der Waals surface area contributed by atoms with Crippen LogP contribution in [0.1, 0.15) is 26.5 Å². The van der Waals surface area contributed by atoms with Gasteiger partial charge in [0, 0.05) is 17.7 Å². The highest BCUT2D eigenvalue weighted by atomic mass is 16.5. The smallest absolute Gasteiger partial charge is 0.132 e. The van der Waals surface area contributed by atoms with Crippen molar-refractivity contribution < 1.29 is 9.26 Å². The topological polar surface area (TPSA) is 38.5 Å². The zero-order valence-electron chi connectivity index (χ0n) is 13.1. The number of hydrogen-bond donors (Lipinski definition) is 0. The molecule has 21 heavy (non-hydrogen) atoms. The van der Waals surface area contributed by atoms with Crippen molar-refractivity contribution in [3.63, 3.8) is 0 Å². The monoisotopic (exact) mass is 288 g/mol. The van der Waals surface area contributed by atoms with Crippen molar-refractivity contribution in [2.45, 2.75) is 27.2 Å².